The molecule has 20 heavy (non-hydrogen) atoms. The topological polar surface area (TPSA) is 30.5 Å². The van der Waals surface area contributed by atoms with Crippen molar-refractivity contribution in [3.63, 3.8) is 0 Å². The van der Waals surface area contributed by atoms with Gasteiger partial charge in [-0.1, -0.05) is 26.0 Å². The van der Waals surface area contributed by atoms with E-state index in [2.05, 4.69) is 50.4 Å². The highest BCUT2D eigenvalue weighted by atomic mass is 16.5. The summed E-state index contributed by atoms with van der Waals surface area (Å²) in [5.41, 5.74) is 1.29. The molecule has 0 saturated carbocycles. The lowest BCUT2D eigenvalue weighted by atomic mass is 10.1. The molecule has 1 aromatic rings. The fourth-order valence-corrected chi connectivity index (χ4v) is 2.36. The van der Waals surface area contributed by atoms with Crippen LogP contribution in [0.15, 0.2) is 24.3 Å². The third kappa shape index (κ3) is 4.80. The van der Waals surface area contributed by atoms with Crippen LogP contribution in [-0.2, 0) is 11.3 Å². The van der Waals surface area contributed by atoms with Crippen molar-refractivity contribution in [3.8, 4) is 5.75 Å². The van der Waals surface area contributed by atoms with Gasteiger partial charge in [-0.2, -0.15) is 0 Å². The molecule has 1 aliphatic heterocycles. The molecule has 1 fully saturated rings. The van der Waals surface area contributed by atoms with E-state index in [-0.39, 0.29) is 0 Å². The number of rotatable bonds is 7. The molecular weight excluding hydrogens is 250 g/mol. The second kappa shape index (κ2) is 7.65. The summed E-state index contributed by atoms with van der Waals surface area (Å²) < 4.78 is 11.3. The Labute approximate surface area is 122 Å². The lowest BCUT2D eigenvalue weighted by Gasteiger charge is -2.16. The molecule has 0 radical (unpaired) electrons. The molecule has 0 amide bonds. The van der Waals surface area contributed by atoms with Crippen LogP contribution < -0.4 is 10.1 Å². The summed E-state index contributed by atoms with van der Waals surface area (Å²) in [4.78, 5) is 0. The van der Waals surface area contributed by atoms with E-state index >= 15 is 0 Å². The fourth-order valence-electron chi connectivity index (χ4n) is 2.36. The van der Waals surface area contributed by atoms with Gasteiger partial charge in [0.05, 0.1) is 12.7 Å². The molecule has 3 nitrogen and oxygen atoms in total. The monoisotopic (exact) mass is 277 g/mol. The van der Waals surface area contributed by atoms with Gasteiger partial charge in [0.25, 0.3) is 0 Å². The Kier molecular flexibility index (Phi) is 5.86. The highest BCUT2D eigenvalue weighted by molar-refractivity contribution is 5.27. The molecule has 3 heteroatoms. The van der Waals surface area contributed by atoms with E-state index in [1.165, 1.54) is 5.56 Å². The first-order chi connectivity index (χ1) is 9.65. The second-order valence-corrected chi connectivity index (χ2v) is 6.03. The number of hydrogen-bond acceptors (Lipinski definition) is 3. The maximum atomic E-state index is 5.73. The minimum atomic E-state index is 0.327. The minimum absolute atomic E-state index is 0.327. The van der Waals surface area contributed by atoms with Gasteiger partial charge >= 0.3 is 0 Å². The van der Waals surface area contributed by atoms with E-state index in [1.807, 2.05) is 0 Å². The van der Waals surface area contributed by atoms with Crippen LogP contribution in [-0.4, -0.2) is 25.4 Å². The summed E-state index contributed by atoms with van der Waals surface area (Å²) in [5.74, 6) is 1.65. The predicted molar refractivity (Wildman–Crippen MR) is 82.1 cm³/mol. The maximum Gasteiger partial charge on any atom is 0.119 e. The van der Waals surface area contributed by atoms with Crippen LogP contribution >= 0.6 is 0 Å². The van der Waals surface area contributed by atoms with Gasteiger partial charge in [-0.05, 0) is 43.4 Å². The van der Waals surface area contributed by atoms with Gasteiger partial charge in [-0.15, -0.1) is 0 Å². The van der Waals surface area contributed by atoms with Crippen LogP contribution in [0.3, 0.4) is 0 Å². The minimum Gasteiger partial charge on any atom is -0.494 e. The van der Waals surface area contributed by atoms with E-state index in [1.54, 1.807) is 0 Å². The molecule has 2 rings (SSSR count). The van der Waals surface area contributed by atoms with E-state index in [0.29, 0.717) is 18.1 Å². The zero-order valence-corrected chi connectivity index (χ0v) is 12.9. The molecule has 1 saturated heterocycles. The van der Waals surface area contributed by atoms with E-state index in [0.717, 1.165) is 38.3 Å². The van der Waals surface area contributed by atoms with Gasteiger partial charge in [0.2, 0.25) is 0 Å². The Morgan fingerprint density at radius 2 is 2.05 bits per heavy atom. The van der Waals surface area contributed by atoms with Gasteiger partial charge in [-0.3, -0.25) is 0 Å². The van der Waals surface area contributed by atoms with Gasteiger partial charge in [-0.25, -0.2) is 0 Å². The first kappa shape index (κ1) is 15.3. The average molecular weight is 277 g/mol. The molecule has 1 aliphatic rings. The molecule has 0 bridgehead atoms. The first-order valence-electron chi connectivity index (χ1n) is 7.72. The van der Waals surface area contributed by atoms with Crippen molar-refractivity contribution in [3.05, 3.63) is 29.8 Å². The Morgan fingerprint density at radius 3 is 2.65 bits per heavy atom. The third-order valence-corrected chi connectivity index (χ3v) is 3.83. The molecule has 1 N–H and O–H groups in total. The number of ether oxygens (including phenoxy) is 2. The molecule has 112 valence electrons. The van der Waals surface area contributed by atoms with Crippen LogP contribution in [0.2, 0.25) is 0 Å². The van der Waals surface area contributed by atoms with Crippen molar-refractivity contribution < 1.29 is 9.47 Å². The van der Waals surface area contributed by atoms with Crippen LogP contribution in [0, 0.1) is 5.92 Å². The van der Waals surface area contributed by atoms with Crippen molar-refractivity contribution in [1.82, 2.24) is 5.32 Å². The van der Waals surface area contributed by atoms with Gasteiger partial charge in [0.15, 0.2) is 0 Å². The van der Waals surface area contributed by atoms with E-state index in [9.17, 15) is 0 Å². The number of benzene rings is 1. The largest absolute Gasteiger partial charge is 0.494 e. The van der Waals surface area contributed by atoms with Crippen molar-refractivity contribution in [1.29, 1.82) is 0 Å². The second-order valence-electron chi connectivity index (χ2n) is 6.03. The molecule has 2 atom stereocenters. The number of hydrogen-bond donors (Lipinski definition) is 1. The van der Waals surface area contributed by atoms with Gasteiger partial charge < -0.3 is 14.8 Å². The molecule has 0 aliphatic carbocycles. The maximum absolute atomic E-state index is 5.73. The summed E-state index contributed by atoms with van der Waals surface area (Å²) in [6.45, 7) is 9.13. The van der Waals surface area contributed by atoms with Crippen LogP contribution in [0.4, 0.5) is 0 Å². The molecule has 1 aromatic carbocycles. The highest BCUT2D eigenvalue weighted by Crippen LogP contribution is 2.16. The standard InChI is InChI=1S/C17H27NO2/c1-13(2)8-10-20-16-6-4-15(5-7-16)12-18-17-9-11-19-14(17)3/h4-7,13-14,17-18H,8-12H2,1-3H3. The molecule has 0 spiro atoms. The Balaban J connectivity index is 1.73. The Hall–Kier alpha value is -1.06. The van der Waals surface area contributed by atoms with E-state index < -0.39 is 0 Å². The van der Waals surface area contributed by atoms with E-state index in [4.69, 9.17) is 9.47 Å². The third-order valence-electron chi connectivity index (χ3n) is 3.83. The van der Waals surface area contributed by atoms with Crippen molar-refractivity contribution in [2.24, 2.45) is 5.92 Å². The number of nitrogens with one attached hydrogen (secondary N) is 1. The zero-order chi connectivity index (χ0) is 14.4. The first-order valence-corrected chi connectivity index (χ1v) is 7.72. The molecular formula is C17H27NO2. The Morgan fingerprint density at radius 1 is 1.30 bits per heavy atom. The molecule has 2 unspecified atom stereocenters. The average Bonchev–Trinajstić information content (AvgIpc) is 2.83. The zero-order valence-electron chi connectivity index (χ0n) is 12.9. The molecule has 0 aromatic heterocycles. The quantitative estimate of drug-likeness (QED) is 0.829. The molecule has 1 heterocycles. The summed E-state index contributed by atoms with van der Waals surface area (Å²) >= 11 is 0. The van der Waals surface area contributed by atoms with Gasteiger partial charge in [0, 0.05) is 19.2 Å². The summed E-state index contributed by atoms with van der Waals surface area (Å²) in [7, 11) is 0. The summed E-state index contributed by atoms with van der Waals surface area (Å²) in [6, 6.07) is 8.88. The van der Waals surface area contributed by atoms with Gasteiger partial charge in [0.1, 0.15) is 5.75 Å². The summed E-state index contributed by atoms with van der Waals surface area (Å²) in [6.07, 6.45) is 2.54. The van der Waals surface area contributed by atoms with Crippen LogP contribution in [0.25, 0.3) is 0 Å². The SMILES string of the molecule is CC(C)CCOc1ccc(CNC2CCOC2C)cc1. The predicted octanol–water partition coefficient (Wildman–Crippen LogP) is 3.38. The smallest absolute Gasteiger partial charge is 0.119 e. The normalized spacial score (nSPS) is 22.4. The van der Waals surface area contributed by atoms with Crippen molar-refractivity contribution >= 4 is 0 Å². The highest BCUT2D eigenvalue weighted by Gasteiger charge is 2.23. The van der Waals surface area contributed by atoms with Crippen molar-refractivity contribution in [2.75, 3.05) is 13.2 Å². The van der Waals surface area contributed by atoms with Crippen LogP contribution in [0.5, 0.6) is 5.75 Å². The van der Waals surface area contributed by atoms with Crippen LogP contribution in [0.1, 0.15) is 39.2 Å². The fraction of sp³-hybridized carbons (Fsp3) is 0.647. The Bertz CT molecular complexity index is 388. The lowest BCUT2D eigenvalue weighted by molar-refractivity contribution is 0.113. The summed E-state index contributed by atoms with van der Waals surface area (Å²) in [5, 5.41) is 3.56. The van der Waals surface area contributed by atoms with Crippen molar-refractivity contribution in [2.45, 2.75) is 52.3 Å². The lowest BCUT2D eigenvalue weighted by Crippen LogP contribution is -2.34.